The molecule has 0 radical (unpaired) electrons. The molecule has 7 atom stereocenters. The largest absolute Gasteiger partial charge is 0.466 e. The lowest BCUT2D eigenvalue weighted by Gasteiger charge is -2.41. The number of nitrogens with zero attached hydrogens (tertiary/aromatic N) is 2. The Morgan fingerprint density at radius 1 is 1.23 bits per heavy atom. The van der Waals surface area contributed by atoms with Crippen molar-refractivity contribution >= 4 is 34.2 Å². The first-order valence-corrected chi connectivity index (χ1v) is 14.4. The monoisotopic (exact) mass is 548 g/mol. The molecule has 3 fully saturated rings. The van der Waals surface area contributed by atoms with Crippen molar-refractivity contribution in [2.24, 2.45) is 17.8 Å². The van der Waals surface area contributed by atoms with Crippen LogP contribution in [0.15, 0.2) is 55.1 Å². The van der Waals surface area contributed by atoms with Crippen LogP contribution in [0.2, 0.25) is 0 Å². The summed E-state index contributed by atoms with van der Waals surface area (Å²) in [5.74, 6) is -2.86. The molecule has 8 heteroatoms. The molecule has 2 amide bonds. The molecule has 3 heterocycles. The molecule has 2 aromatic carbocycles. The molecular formula is C32H40N2O6. The molecule has 1 spiro atoms. The summed E-state index contributed by atoms with van der Waals surface area (Å²) in [7, 11) is 0. The van der Waals surface area contributed by atoms with Gasteiger partial charge in [0, 0.05) is 12.2 Å². The predicted molar refractivity (Wildman–Crippen MR) is 153 cm³/mol. The zero-order chi connectivity index (χ0) is 28.8. The maximum atomic E-state index is 14.8. The summed E-state index contributed by atoms with van der Waals surface area (Å²) >= 11 is 0. The number of aliphatic hydroxyl groups excluding tert-OH is 1. The number of hydrogen-bond acceptors (Lipinski definition) is 6. The second-order valence-corrected chi connectivity index (χ2v) is 11.6. The van der Waals surface area contributed by atoms with E-state index in [0.717, 1.165) is 10.8 Å². The maximum absolute atomic E-state index is 14.8. The van der Waals surface area contributed by atoms with Crippen LogP contribution in [0.1, 0.15) is 47.0 Å². The van der Waals surface area contributed by atoms with E-state index in [9.17, 15) is 19.5 Å². The summed E-state index contributed by atoms with van der Waals surface area (Å²) in [6, 6.07) is 12.1. The fourth-order valence-corrected chi connectivity index (χ4v) is 7.35. The van der Waals surface area contributed by atoms with Crippen molar-refractivity contribution in [3.05, 3.63) is 55.1 Å². The second-order valence-electron chi connectivity index (χ2n) is 11.6. The molecule has 3 aliphatic heterocycles. The maximum Gasteiger partial charge on any atom is 0.312 e. The van der Waals surface area contributed by atoms with Gasteiger partial charge in [0.25, 0.3) is 5.91 Å². The normalized spacial score (nSPS) is 30.3. The van der Waals surface area contributed by atoms with E-state index in [4.69, 9.17) is 9.47 Å². The molecule has 3 saturated heterocycles. The average Bonchev–Trinajstić information content (AvgIpc) is 3.52. The van der Waals surface area contributed by atoms with E-state index in [1.807, 2.05) is 63.2 Å². The van der Waals surface area contributed by atoms with Crippen LogP contribution in [0.3, 0.4) is 0 Å². The smallest absolute Gasteiger partial charge is 0.312 e. The van der Waals surface area contributed by atoms with Crippen LogP contribution in [0.4, 0.5) is 5.69 Å². The first-order valence-electron chi connectivity index (χ1n) is 14.4. The van der Waals surface area contributed by atoms with Crippen LogP contribution in [-0.4, -0.2) is 70.8 Å². The van der Waals surface area contributed by atoms with Gasteiger partial charge >= 0.3 is 5.97 Å². The highest BCUT2D eigenvalue weighted by molar-refractivity contribution is 6.05. The SMILES string of the molecule is C=CCN(C(=O)C1N([C@@H](CO)[C@@H](C)CC)C(=O)[C@@H]2[C@@H](C(=O)OCC)[C@@]3(C)CCC12O3)c1ccc2ccccc2c1. The zero-order valence-corrected chi connectivity index (χ0v) is 23.8. The number of likely N-dealkylation sites (tertiary alicyclic amines) is 1. The van der Waals surface area contributed by atoms with Gasteiger partial charge in [-0.3, -0.25) is 14.4 Å². The van der Waals surface area contributed by atoms with Crippen molar-refractivity contribution < 1.29 is 29.0 Å². The number of amides is 2. The second kappa shape index (κ2) is 10.6. The van der Waals surface area contributed by atoms with Crippen LogP contribution in [0.5, 0.6) is 0 Å². The molecule has 2 bridgehead atoms. The van der Waals surface area contributed by atoms with E-state index in [2.05, 4.69) is 6.58 Å². The van der Waals surface area contributed by atoms with Gasteiger partial charge in [0.1, 0.15) is 17.6 Å². The van der Waals surface area contributed by atoms with Gasteiger partial charge in [0.2, 0.25) is 5.91 Å². The third-order valence-corrected chi connectivity index (χ3v) is 9.46. The number of esters is 1. The van der Waals surface area contributed by atoms with Crippen LogP contribution in [0.25, 0.3) is 10.8 Å². The predicted octanol–water partition coefficient (Wildman–Crippen LogP) is 4.09. The third-order valence-electron chi connectivity index (χ3n) is 9.46. The van der Waals surface area contributed by atoms with Crippen molar-refractivity contribution in [2.75, 3.05) is 24.7 Å². The Kier molecular flexibility index (Phi) is 7.52. The summed E-state index contributed by atoms with van der Waals surface area (Å²) < 4.78 is 12.1. The van der Waals surface area contributed by atoms with Gasteiger partial charge in [0.05, 0.1) is 30.8 Å². The van der Waals surface area contributed by atoms with E-state index in [-0.39, 0.29) is 37.5 Å². The van der Waals surface area contributed by atoms with Gasteiger partial charge in [0.15, 0.2) is 0 Å². The van der Waals surface area contributed by atoms with Gasteiger partial charge in [-0.15, -0.1) is 6.58 Å². The third kappa shape index (κ3) is 4.15. The molecule has 40 heavy (non-hydrogen) atoms. The van der Waals surface area contributed by atoms with Crippen molar-refractivity contribution in [3.8, 4) is 0 Å². The molecule has 5 rings (SSSR count). The minimum absolute atomic E-state index is 0.0816. The van der Waals surface area contributed by atoms with Crippen LogP contribution >= 0.6 is 0 Å². The van der Waals surface area contributed by atoms with Gasteiger partial charge < -0.3 is 24.4 Å². The molecule has 8 nitrogen and oxygen atoms in total. The summed E-state index contributed by atoms with van der Waals surface area (Å²) in [5.41, 5.74) is -1.42. The Hall–Kier alpha value is -3.23. The number of carbonyl (C=O) groups excluding carboxylic acids is 3. The highest BCUT2D eigenvalue weighted by Crippen LogP contribution is 2.64. The lowest BCUT2D eigenvalue weighted by molar-refractivity contribution is -0.160. The molecule has 1 N–H and O–H groups in total. The first-order chi connectivity index (χ1) is 19.2. The molecule has 2 aromatic rings. The lowest BCUT2D eigenvalue weighted by atomic mass is 9.66. The summed E-state index contributed by atoms with van der Waals surface area (Å²) in [6.45, 7) is 11.6. The number of rotatable bonds is 10. The highest BCUT2D eigenvalue weighted by Gasteiger charge is 2.79. The fourth-order valence-electron chi connectivity index (χ4n) is 7.35. The standard InChI is InChI=1S/C32H40N2O6/c1-6-17-33(23-14-13-21-11-9-10-12-22(21)18-23)29(37)27-32-16-15-31(5,40-32)26(30(38)39-8-3)25(32)28(36)34(27)24(19-35)20(4)7-2/h6,9-14,18,20,24-27,35H,1,7-8,15-17,19H2,2-5H3/t20-,24-,25-,26-,27?,31+,32?/m0/s1. The number of fused-ring (bicyclic) bond motifs is 2. The lowest BCUT2D eigenvalue weighted by Crippen LogP contribution is -2.60. The number of ether oxygens (including phenoxy) is 2. The molecule has 2 unspecified atom stereocenters. The first kappa shape index (κ1) is 28.3. The van der Waals surface area contributed by atoms with E-state index in [0.29, 0.717) is 24.9 Å². The minimum Gasteiger partial charge on any atom is -0.466 e. The summed E-state index contributed by atoms with van der Waals surface area (Å²) in [5, 5.41) is 12.6. The number of hydrogen-bond donors (Lipinski definition) is 1. The molecule has 0 saturated carbocycles. The van der Waals surface area contributed by atoms with Gasteiger partial charge in [-0.05, 0) is 55.5 Å². The van der Waals surface area contributed by atoms with E-state index in [1.165, 1.54) is 0 Å². The van der Waals surface area contributed by atoms with Crippen molar-refractivity contribution in [3.63, 3.8) is 0 Å². The molecule has 214 valence electrons. The zero-order valence-electron chi connectivity index (χ0n) is 23.8. The topological polar surface area (TPSA) is 96.4 Å². The van der Waals surface area contributed by atoms with E-state index in [1.54, 1.807) is 22.8 Å². The Labute approximate surface area is 235 Å². The number of anilines is 1. The summed E-state index contributed by atoms with van der Waals surface area (Å²) in [6.07, 6.45) is 3.36. The van der Waals surface area contributed by atoms with Crippen molar-refractivity contribution in [1.29, 1.82) is 0 Å². The Morgan fingerprint density at radius 2 is 1.95 bits per heavy atom. The van der Waals surface area contributed by atoms with Crippen molar-refractivity contribution in [1.82, 2.24) is 4.90 Å². The Morgan fingerprint density at radius 3 is 2.60 bits per heavy atom. The van der Waals surface area contributed by atoms with Gasteiger partial charge in [-0.2, -0.15) is 0 Å². The van der Waals surface area contributed by atoms with Crippen LogP contribution in [0, 0.1) is 17.8 Å². The Bertz CT molecular complexity index is 1330. The molecule has 0 aliphatic carbocycles. The number of benzene rings is 2. The average molecular weight is 549 g/mol. The molecular weight excluding hydrogens is 508 g/mol. The quantitative estimate of drug-likeness (QED) is 0.355. The Balaban J connectivity index is 1.65. The van der Waals surface area contributed by atoms with Gasteiger partial charge in [-0.1, -0.05) is 56.7 Å². The van der Waals surface area contributed by atoms with Crippen LogP contribution in [-0.2, 0) is 23.9 Å². The highest BCUT2D eigenvalue weighted by atomic mass is 16.6. The molecule has 3 aliphatic rings. The van der Waals surface area contributed by atoms with Gasteiger partial charge in [-0.25, -0.2) is 0 Å². The minimum atomic E-state index is -1.20. The fraction of sp³-hybridized carbons (Fsp3) is 0.531. The number of carbonyl (C=O) groups is 3. The number of aliphatic hydroxyl groups is 1. The van der Waals surface area contributed by atoms with Crippen LogP contribution < -0.4 is 4.90 Å². The van der Waals surface area contributed by atoms with E-state index >= 15 is 0 Å². The van der Waals surface area contributed by atoms with E-state index < -0.39 is 41.1 Å². The molecule has 0 aromatic heterocycles. The summed E-state index contributed by atoms with van der Waals surface area (Å²) in [4.78, 5) is 45.7. The van der Waals surface area contributed by atoms with Crippen molar-refractivity contribution in [2.45, 2.75) is 70.2 Å².